The van der Waals surface area contributed by atoms with Crippen molar-refractivity contribution in [3.05, 3.63) is 35.4 Å². The third-order valence-corrected chi connectivity index (χ3v) is 2.51. The number of halogens is 1. The van der Waals surface area contributed by atoms with Crippen LogP contribution >= 0.6 is 17.0 Å². The molecule has 0 aliphatic heterocycles. The van der Waals surface area contributed by atoms with Gasteiger partial charge < -0.3 is 20.9 Å². The molecule has 0 spiro atoms. The van der Waals surface area contributed by atoms with E-state index in [2.05, 4.69) is 10.3 Å². The molecule has 0 bridgehead atoms. The topological polar surface area (TPSA) is 79.9 Å². The number of aliphatic imine (C=N–C) groups is 1. The van der Waals surface area contributed by atoms with Crippen LogP contribution in [0.4, 0.5) is 0 Å². The predicted molar refractivity (Wildman–Crippen MR) is 82.6 cm³/mol. The van der Waals surface area contributed by atoms with Crippen molar-refractivity contribution in [2.45, 2.75) is 19.6 Å². The number of benzene rings is 1. The summed E-state index contributed by atoms with van der Waals surface area (Å²) in [4.78, 5) is 4.21. The Bertz CT molecular complexity index is 380. The minimum Gasteiger partial charge on any atom is -0.389 e. The van der Waals surface area contributed by atoms with E-state index in [0.717, 1.165) is 11.1 Å². The Kier molecular flexibility index (Phi) is 9.20. The first-order valence-electron chi connectivity index (χ1n) is 5.93. The zero-order chi connectivity index (χ0) is 13.4. The number of rotatable bonds is 6. The van der Waals surface area contributed by atoms with Crippen molar-refractivity contribution in [1.29, 1.82) is 0 Å². The number of aliphatic hydroxyl groups excluding tert-OH is 1. The molecule has 1 unspecified atom stereocenters. The first-order chi connectivity index (χ1) is 8.63. The van der Waals surface area contributed by atoms with E-state index in [1.807, 2.05) is 24.3 Å². The van der Waals surface area contributed by atoms with Gasteiger partial charge in [-0.1, -0.05) is 24.3 Å². The van der Waals surface area contributed by atoms with Gasteiger partial charge in [-0.2, -0.15) is 0 Å². The van der Waals surface area contributed by atoms with Gasteiger partial charge in [0.05, 0.1) is 19.3 Å². The van der Waals surface area contributed by atoms with Crippen molar-refractivity contribution in [2.75, 3.05) is 20.3 Å². The summed E-state index contributed by atoms with van der Waals surface area (Å²) in [5.41, 5.74) is 7.63. The summed E-state index contributed by atoms with van der Waals surface area (Å²) in [5.74, 6) is 0.409. The number of hydrogen-bond donors (Lipinski definition) is 3. The maximum Gasteiger partial charge on any atom is 0.188 e. The molecule has 0 saturated carbocycles. The molecule has 0 fully saturated rings. The van der Waals surface area contributed by atoms with Gasteiger partial charge in [0.15, 0.2) is 5.96 Å². The number of nitrogens with zero attached hydrogens (tertiary/aromatic N) is 1. The Hall–Kier alpha value is -1.11. The SMILES string of the molecule is Br.COCCNC(N)=NCc1ccc(C(C)O)cc1. The van der Waals surface area contributed by atoms with Crippen LogP contribution in [0.25, 0.3) is 0 Å². The second-order valence-corrected chi connectivity index (χ2v) is 4.04. The molecule has 0 radical (unpaired) electrons. The van der Waals surface area contributed by atoms with E-state index < -0.39 is 6.10 Å². The van der Waals surface area contributed by atoms with Gasteiger partial charge in [-0.25, -0.2) is 4.99 Å². The lowest BCUT2D eigenvalue weighted by atomic mass is 10.1. The lowest BCUT2D eigenvalue weighted by Gasteiger charge is -2.06. The minimum absolute atomic E-state index is 0. The van der Waals surface area contributed by atoms with Crippen LogP contribution in [0.2, 0.25) is 0 Å². The quantitative estimate of drug-likeness (QED) is 0.418. The molecule has 19 heavy (non-hydrogen) atoms. The molecule has 5 nitrogen and oxygen atoms in total. The molecule has 1 atom stereocenters. The van der Waals surface area contributed by atoms with Crippen LogP contribution in [0.1, 0.15) is 24.2 Å². The Labute approximate surface area is 124 Å². The van der Waals surface area contributed by atoms with E-state index in [1.54, 1.807) is 14.0 Å². The van der Waals surface area contributed by atoms with Crippen LogP contribution < -0.4 is 11.1 Å². The number of nitrogens with one attached hydrogen (secondary N) is 1. The molecule has 1 aromatic rings. The summed E-state index contributed by atoms with van der Waals surface area (Å²) in [6, 6.07) is 7.66. The summed E-state index contributed by atoms with van der Waals surface area (Å²) in [5, 5.41) is 12.3. The summed E-state index contributed by atoms with van der Waals surface area (Å²) < 4.78 is 4.89. The Morgan fingerprint density at radius 3 is 2.58 bits per heavy atom. The normalized spacial score (nSPS) is 12.7. The fourth-order valence-electron chi connectivity index (χ4n) is 1.42. The van der Waals surface area contributed by atoms with Gasteiger partial charge in [-0.15, -0.1) is 17.0 Å². The molecule has 108 valence electrons. The third-order valence-electron chi connectivity index (χ3n) is 2.51. The first kappa shape index (κ1) is 17.9. The van der Waals surface area contributed by atoms with Crippen LogP contribution in [0.15, 0.2) is 29.3 Å². The predicted octanol–water partition coefficient (Wildman–Crippen LogP) is 1.37. The van der Waals surface area contributed by atoms with Gasteiger partial charge in [-0.3, -0.25) is 0 Å². The van der Waals surface area contributed by atoms with Crippen molar-refractivity contribution in [3.63, 3.8) is 0 Å². The van der Waals surface area contributed by atoms with Crippen molar-refractivity contribution in [3.8, 4) is 0 Å². The maximum absolute atomic E-state index is 9.38. The lowest BCUT2D eigenvalue weighted by molar-refractivity contribution is 0.199. The van der Waals surface area contributed by atoms with Gasteiger partial charge in [-0.05, 0) is 18.1 Å². The molecule has 1 aromatic carbocycles. The molecule has 0 aromatic heterocycles. The molecular weight excluding hydrogens is 310 g/mol. The van der Waals surface area contributed by atoms with Gasteiger partial charge in [0.2, 0.25) is 0 Å². The third kappa shape index (κ3) is 7.15. The van der Waals surface area contributed by atoms with Gasteiger partial charge in [0, 0.05) is 13.7 Å². The smallest absolute Gasteiger partial charge is 0.188 e. The fraction of sp³-hybridized carbons (Fsp3) is 0.462. The second kappa shape index (κ2) is 9.77. The zero-order valence-electron chi connectivity index (χ0n) is 11.3. The Morgan fingerprint density at radius 2 is 2.05 bits per heavy atom. The summed E-state index contributed by atoms with van der Waals surface area (Å²) >= 11 is 0. The highest BCUT2D eigenvalue weighted by atomic mass is 79.9. The van der Waals surface area contributed by atoms with E-state index >= 15 is 0 Å². The van der Waals surface area contributed by atoms with Crippen LogP contribution in [-0.4, -0.2) is 31.3 Å². The highest BCUT2D eigenvalue weighted by Gasteiger charge is 1.99. The van der Waals surface area contributed by atoms with E-state index in [0.29, 0.717) is 25.7 Å². The van der Waals surface area contributed by atoms with E-state index in [9.17, 15) is 5.11 Å². The average molecular weight is 332 g/mol. The maximum atomic E-state index is 9.38. The highest BCUT2D eigenvalue weighted by molar-refractivity contribution is 8.93. The van der Waals surface area contributed by atoms with E-state index in [-0.39, 0.29) is 17.0 Å². The number of hydrogen-bond acceptors (Lipinski definition) is 3. The van der Waals surface area contributed by atoms with Crippen molar-refractivity contribution < 1.29 is 9.84 Å². The minimum atomic E-state index is -0.441. The number of ether oxygens (including phenoxy) is 1. The monoisotopic (exact) mass is 331 g/mol. The lowest BCUT2D eigenvalue weighted by Crippen LogP contribution is -2.34. The molecule has 0 aliphatic carbocycles. The fourth-order valence-corrected chi connectivity index (χ4v) is 1.42. The van der Waals surface area contributed by atoms with E-state index in [4.69, 9.17) is 10.5 Å². The highest BCUT2D eigenvalue weighted by Crippen LogP contribution is 2.12. The van der Waals surface area contributed by atoms with Crippen LogP contribution in [0.5, 0.6) is 0 Å². The van der Waals surface area contributed by atoms with Crippen LogP contribution in [-0.2, 0) is 11.3 Å². The molecule has 0 heterocycles. The molecule has 4 N–H and O–H groups in total. The molecule has 0 amide bonds. The van der Waals surface area contributed by atoms with Crippen molar-refractivity contribution in [2.24, 2.45) is 10.7 Å². The largest absolute Gasteiger partial charge is 0.389 e. The molecule has 6 heteroatoms. The zero-order valence-corrected chi connectivity index (χ0v) is 13.0. The molecule has 0 saturated heterocycles. The van der Waals surface area contributed by atoms with Gasteiger partial charge in [0.25, 0.3) is 0 Å². The van der Waals surface area contributed by atoms with Crippen molar-refractivity contribution >= 4 is 22.9 Å². The Balaban J connectivity index is 0.00000324. The van der Waals surface area contributed by atoms with E-state index in [1.165, 1.54) is 0 Å². The van der Waals surface area contributed by atoms with Gasteiger partial charge >= 0.3 is 0 Å². The van der Waals surface area contributed by atoms with Crippen LogP contribution in [0, 0.1) is 0 Å². The van der Waals surface area contributed by atoms with Gasteiger partial charge in [0.1, 0.15) is 0 Å². The summed E-state index contributed by atoms with van der Waals surface area (Å²) in [6.45, 7) is 3.50. The molecular formula is C13H22BrN3O2. The Morgan fingerprint density at radius 1 is 1.42 bits per heavy atom. The number of methoxy groups -OCH3 is 1. The standard InChI is InChI=1S/C13H21N3O2.BrH/c1-10(17)12-5-3-11(4-6-12)9-16-13(14)15-7-8-18-2;/h3-6,10,17H,7-9H2,1-2H3,(H3,14,15,16);1H. The summed E-state index contributed by atoms with van der Waals surface area (Å²) in [6.07, 6.45) is -0.441. The second-order valence-electron chi connectivity index (χ2n) is 4.04. The van der Waals surface area contributed by atoms with Crippen LogP contribution in [0.3, 0.4) is 0 Å². The summed E-state index contributed by atoms with van der Waals surface area (Å²) in [7, 11) is 1.64. The number of aliphatic hydroxyl groups is 1. The number of nitrogens with two attached hydrogens (primary N) is 1. The molecule has 0 aliphatic rings. The average Bonchev–Trinajstić information content (AvgIpc) is 2.37. The van der Waals surface area contributed by atoms with Crippen molar-refractivity contribution in [1.82, 2.24) is 5.32 Å². The first-order valence-corrected chi connectivity index (χ1v) is 5.93. The molecule has 1 rings (SSSR count). The number of guanidine groups is 1.